The van der Waals surface area contributed by atoms with Crippen molar-refractivity contribution >= 4 is 21.0 Å². The van der Waals surface area contributed by atoms with Crippen molar-refractivity contribution in [2.45, 2.75) is 114 Å². The molecule has 1 aliphatic heterocycles. The molecule has 0 amide bonds. The van der Waals surface area contributed by atoms with Gasteiger partial charge in [0.2, 0.25) is 0 Å². The number of benzene rings is 2. The van der Waals surface area contributed by atoms with Crippen molar-refractivity contribution < 1.29 is 39.9 Å². The largest absolute Gasteiger partial charge is 0.508 e. The number of phenolic OH excluding ortho intramolecular Hbond substituents is 1. The summed E-state index contributed by atoms with van der Waals surface area (Å²) < 4.78 is 101. The Balaban J connectivity index is 1.19. The summed E-state index contributed by atoms with van der Waals surface area (Å²) in [6.07, 6.45) is 4.03. The molecular formula is C36H47F6NO3S. The fourth-order valence-electron chi connectivity index (χ4n) is 7.05. The number of rotatable bonds is 17. The van der Waals surface area contributed by atoms with Gasteiger partial charge in [0.05, 0.1) is 11.5 Å². The molecule has 1 atom stereocenters. The number of fused-ring (bicyclic) bond motifs is 1. The Morgan fingerprint density at radius 1 is 0.830 bits per heavy atom. The average molecular weight is 688 g/mol. The quantitative estimate of drug-likeness (QED) is 0.133. The number of allylic oxidation sites excluding steroid dienone is 2. The normalized spacial score (nSPS) is 18.0. The van der Waals surface area contributed by atoms with E-state index in [1.165, 1.54) is 28.8 Å². The molecule has 47 heavy (non-hydrogen) atoms. The topological polar surface area (TPSA) is 57.6 Å². The zero-order valence-corrected chi connectivity index (χ0v) is 27.8. The molecule has 2 aromatic carbocycles. The van der Waals surface area contributed by atoms with Crippen LogP contribution in [0.15, 0.2) is 42.5 Å². The third kappa shape index (κ3) is 11.0. The molecule has 1 fully saturated rings. The lowest BCUT2D eigenvalue weighted by molar-refractivity contribution is -0.284. The molecule has 11 heteroatoms. The SMILES string of the molecule is O=S(=O)(CCCC[C@@H]1CCCN1CCCCCCC1=C(c2ccc(F)cc2)CCCc2cc(O)ccc21)CCCC(F)(F)C(F)(F)F. The van der Waals surface area contributed by atoms with Crippen LogP contribution in [0, 0.1) is 5.82 Å². The van der Waals surface area contributed by atoms with Crippen LogP contribution in [0.4, 0.5) is 26.3 Å². The molecule has 0 aromatic heterocycles. The van der Waals surface area contributed by atoms with Gasteiger partial charge in [-0.15, -0.1) is 0 Å². The number of unbranched alkanes of at least 4 members (excludes halogenated alkanes) is 4. The zero-order valence-electron chi connectivity index (χ0n) is 26.9. The molecule has 262 valence electrons. The molecule has 2 aromatic rings. The number of alkyl halides is 5. The number of halogens is 6. The summed E-state index contributed by atoms with van der Waals surface area (Å²) in [7, 11) is -3.68. The third-order valence-electron chi connectivity index (χ3n) is 9.57. The predicted octanol–water partition coefficient (Wildman–Crippen LogP) is 9.76. The van der Waals surface area contributed by atoms with Gasteiger partial charge in [-0.25, -0.2) is 12.8 Å². The highest BCUT2D eigenvalue weighted by molar-refractivity contribution is 7.91. The van der Waals surface area contributed by atoms with Crippen LogP contribution in [0.5, 0.6) is 5.75 Å². The van der Waals surface area contributed by atoms with Gasteiger partial charge < -0.3 is 10.0 Å². The maximum Gasteiger partial charge on any atom is 0.453 e. The third-order valence-corrected chi connectivity index (χ3v) is 11.4. The molecule has 0 bridgehead atoms. The number of hydrogen-bond donors (Lipinski definition) is 1. The van der Waals surface area contributed by atoms with Crippen LogP contribution in [0.2, 0.25) is 0 Å². The Bertz CT molecular complexity index is 1440. The van der Waals surface area contributed by atoms with Crippen molar-refractivity contribution in [3.8, 4) is 5.75 Å². The van der Waals surface area contributed by atoms with Gasteiger partial charge in [-0.3, -0.25) is 0 Å². The first-order valence-electron chi connectivity index (χ1n) is 16.9. The van der Waals surface area contributed by atoms with Gasteiger partial charge in [-0.05, 0) is 136 Å². The monoisotopic (exact) mass is 687 g/mol. The minimum Gasteiger partial charge on any atom is -0.508 e. The first-order chi connectivity index (χ1) is 22.3. The highest BCUT2D eigenvalue weighted by Crippen LogP contribution is 2.40. The second kappa shape index (κ2) is 16.7. The Labute approximate surface area is 275 Å². The van der Waals surface area contributed by atoms with E-state index in [0.29, 0.717) is 18.9 Å². The molecule has 0 radical (unpaired) electrons. The summed E-state index contributed by atoms with van der Waals surface area (Å²) in [4.78, 5) is 2.47. The number of phenols is 1. The van der Waals surface area contributed by atoms with E-state index in [1.54, 1.807) is 6.07 Å². The number of aryl methyl sites for hydroxylation is 1. The van der Waals surface area contributed by atoms with E-state index in [1.807, 2.05) is 24.3 Å². The lowest BCUT2D eigenvalue weighted by atomic mass is 9.89. The Morgan fingerprint density at radius 3 is 2.30 bits per heavy atom. The van der Waals surface area contributed by atoms with Crippen molar-refractivity contribution in [2.75, 3.05) is 24.6 Å². The Kier molecular flexibility index (Phi) is 13.3. The van der Waals surface area contributed by atoms with Crippen molar-refractivity contribution in [2.24, 2.45) is 0 Å². The maximum atomic E-state index is 13.7. The Hall–Kier alpha value is -2.53. The van der Waals surface area contributed by atoms with Crippen molar-refractivity contribution in [1.82, 2.24) is 4.90 Å². The lowest BCUT2D eigenvalue weighted by Crippen LogP contribution is -2.36. The first kappa shape index (κ1) is 37.3. The minimum absolute atomic E-state index is 0.192. The first-order valence-corrected chi connectivity index (χ1v) is 18.8. The molecule has 4 rings (SSSR count). The smallest absolute Gasteiger partial charge is 0.453 e. The van der Waals surface area contributed by atoms with Crippen LogP contribution in [-0.4, -0.2) is 61.2 Å². The number of likely N-dealkylation sites (tertiary alicyclic amines) is 1. The molecule has 0 unspecified atom stereocenters. The van der Waals surface area contributed by atoms with Gasteiger partial charge >= 0.3 is 12.1 Å². The molecule has 1 N–H and O–H groups in total. The van der Waals surface area contributed by atoms with Crippen LogP contribution in [-0.2, 0) is 16.3 Å². The van der Waals surface area contributed by atoms with Gasteiger partial charge in [-0.1, -0.05) is 37.5 Å². The van der Waals surface area contributed by atoms with Crippen LogP contribution >= 0.6 is 0 Å². The molecule has 2 aliphatic rings. The lowest BCUT2D eigenvalue weighted by Gasteiger charge is -2.24. The fourth-order valence-corrected chi connectivity index (χ4v) is 8.48. The van der Waals surface area contributed by atoms with E-state index in [9.17, 15) is 39.9 Å². The summed E-state index contributed by atoms with van der Waals surface area (Å²) >= 11 is 0. The van der Waals surface area contributed by atoms with Gasteiger partial charge in [0.25, 0.3) is 0 Å². The Morgan fingerprint density at radius 2 is 1.55 bits per heavy atom. The molecule has 1 saturated heterocycles. The summed E-state index contributed by atoms with van der Waals surface area (Å²) in [6.45, 7) is 1.98. The molecule has 4 nitrogen and oxygen atoms in total. The highest BCUT2D eigenvalue weighted by Gasteiger charge is 2.56. The van der Waals surface area contributed by atoms with Gasteiger partial charge in [0.15, 0.2) is 0 Å². The van der Waals surface area contributed by atoms with Gasteiger partial charge in [-0.2, -0.15) is 22.0 Å². The van der Waals surface area contributed by atoms with Gasteiger partial charge in [0.1, 0.15) is 21.4 Å². The molecular weight excluding hydrogens is 640 g/mol. The van der Waals surface area contributed by atoms with E-state index in [4.69, 9.17) is 0 Å². The maximum absolute atomic E-state index is 13.7. The van der Waals surface area contributed by atoms with E-state index in [2.05, 4.69) is 4.90 Å². The van der Waals surface area contributed by atoms with Crippen LogP contribution in [0.1, 0.15) is 107 Å². The van der Waals surface area contributed by atoms with Gasteiger partial charge in [0, 0.05) is 12.5 Å². The molecule has 0 saturated carbocycles. The second-order valence-corrected chi connectivity index (χ2v) is 15.4. The summed E-state index contributed by atoms with van der Waals surface area (Å²) in [6, 6.07) is 12.7. The fraction of sp³-hybridized carbons (Fsp3) is 0.611. The summed E-state index contributed by atoms with van der Waals surface area (Å²) in [5.74, 6) is -5.70. The van der Waals surface area contributed by atoms with E-state index in [-0.39, 0.29) is 17.3 Å². The van der Waals surface area contributed by atoms with Crippen LogP contribution in [0.25, 0.3) is 11.1 Å². The molecule has 1 aliphatic carbocycles. The van der Waals surface area contributed by atoms with Crippen molar-refractivity contribution in [3.63, 3.8) is 0 Å². The van der Waals surface area contributed by atoms with Crippen molar-refractivity contribution in [1.29, 1.82) is 0 Å². The van der Waals surface area contributed by atoms with E-state index in [0.717, 1.165) is 94.8 Å². The standard InChI is InChI=1S/C36H47F6NO3S/c37-29-17-15-27(16-18-29)32-14-7-10-28-26-31(44)19-20-33(28)34(32)13-3-1-2-5-22-43-23-8-12-30(43)11-4-6-24-47(45,46)25-9-21-35(38,39)36(40,41)42/h15-20,26,30,44H,1-14,21-25H2/t30-/m1/s1. The number of aromatic hydroxyl groups is 1. The van der Waals surface area contributed by atoms with E-state index < -0.39 is 40.5 Å². The minimum atomic E-state index is -5.66. The number of nitrogens with zero attached hydrogens (tertiary/aromatic N) is 1. The predicted molar refractivity (Wildman–Crippen MR) is 175 cm³/mol. The second-order valence-electron chi connectivity index (χ2n) is 13.1. The van der Waals surface area contributed by atoms with E-state index >= 15 is 0 Å². The highest BCUT2D eigenvalue weighted by atomic mass is 32.2. The number of hydrogen-bond acceptors (Lipinski definition) is 4. The van der Waals surface area contributed by atoms with Crippen LogP contribution in [0.3, 0.4) is 0 Å². The van der Waals surface area contributed by atoms with Crippen molar-refractivity contribution in [3.05, 3.63) is 65.0 Å². The zero-order chi connectivity index (χ0) is 34.1. The molecule has 1 heterocycles. The molecule has 0 spiro atoms. The number of sulfone groups is 1. The summed E-state index contributed by atoms with van der Waals surface area (Å²) in [5.41, 5.74) is 5.91. The van der Waals surface area contributed by atoms with Crippen LogP contribution < -0.4 is 0 Å². The summed E-state index contributed by atoms with van der Waals surface area (Å²) in [5, 5.41) is 10.1. The average Bonchev–Trinajstić information content (AvgIpc) is 3.37.